The summed E-state index contributed by atoms with van der Waals surface area (Å²) in [6.07, 6.45) is 5.27. The minimum atomic E-state index is -3.67. The van der Waals surface area contributed by atoms with E-state index in [9.17, 15) is 12.8 Å². The molecular weight excluding hydrogens is 253 g/mol. The van der Waals surface area contributed by atoms with Crippen molar-refractivity contribution in [2.45, 2.75) is 11.3 Å². The molecule has 0 saturated carbocycles. The van der Waals surface area contributed by atoms with Crippen molar-refractivity contribution in [2.75, 3.05) is 6.54 Å². The Morgan fingerprint density at radius 1 is 1.50 bits per heavy atom. The first-order valence-corrected chi connectivity index (χ1v) is 6.21. The van der Waals surface area contributed by atoms with Crippen LogP contribution >= 0.6 is 11.6 Å². The number of rotatable bonds is 4. The van der Waals surface area contributed by atoms with Crippen molar-refractivity contribution in [2.24, 2.45) is 0 Å². The Bertz CT molecular complexity index is 522. The molecule has 0 saturated heterocycles. The Balaban J connectivity index is 2.91. The van der Waals surface area contributed by atoms with Crippen molar-refractivity contribution in [3.8, 4) is 12.3 Å². The molecule has 86 valence electrons. The molecule has 6 heteroatoms. The topological polar surface area (TPSA) is 46.2 Å². The minimum Gasteiger partial charge on any atom is -0.210 e. The molecule has 1 rings (SSSR count). The van der Waals surface area contributed by atoms with Gasteiger partial charge in [-0.15, -0.1) is 12.3 Å². The number of terminal acetylenes is 1. The molecule has 1 N–H and O–H groups in total. The van der Waals surface area contributed by atoms with E-state index < -0.39 is 15.8 Å². The molecule has 0 aliphatic carbocycles. The average molecular weight is 262 g/mol. The molecule has 0 aromatic heterocycles. The molecule has 0 aliphatic heterocycles. The van der Waals surface area contributed by atoms with Gasteiger partial charge in [-0.25, -0.2) is 17.5 Å². The smallest absolute Gasteiger partial charge is 0.210 e. The molecule has 0 heterocycles. The second-order valence-electron chi connectivity index (χ2n) is 2.93. The number of hydrogen-bond donors (Lipinski definition) is 1. The van der Waals surface area contributed by atoms with Crippen LogP contribution in [-0.4, -0.2) is 15.0 Å². The molecule has 0 unspecified atom stereocenters. The number of benzene rings is 1. The lowest BCUT2D eigenvalue weighted by molar-refractivity contribution is 0.581. The second-order valence-corrected chi connectivity index (χ2v) is 5.10. The normalized spacial score (nSPS) is 11.1. The lowest BCUT2D eigenvalue weighted by Gasteiger charge is -2.05. The third-order valence-electron chi connectivity index (χ3n) is 1.76. The van der Waals surface area contributed by atoms with Gasteiger partial charge in [-0.3, -0.25) is 0 Å². The molecule has 1 aromatic rings. The van der Waals surface area contributed by atoms with Gasteiger partial charge in [-0.05, 0) is 18.2 Å². The van der Waals surface area contributed by atoms with Crippen molar-refractivity contribution in [3.63, 3.8) is 0 Å². The van der Waals surface area contributed by atoms with Crippen molar-refractivity contribution in [1.82, 2.24) is 4.72 Å². The fraction of sp³-hybridized carbons (Fsp3) is 0.200. The maximum Gasteiger partial charge on any atom is 0.240 e. The number of halogens is 2. The Morgan fingerprint density at radius 3 is 2.75 bits per heavy atom. The zero-order valence-corrected chi connectivity index (χ0v) is 9.78. The summed E-state index contributed by atoms with van der Waals surface area (Å²) in [5.74, 6) is 1.64. The lowest BCUT2D eigenvalue weighted by Crippen LogP contribution is -2.24. The molecule has 1 aromatic carbocycles. The van der Waals surface area contributed by atoms with Crippen LogP contribution in [0, 0.1) is 18.2 Å². The summed E-state index contributed by atoms with van der Waals surface area (Å²) in [7, 11) is -3.67. The van der Waals surface area contributed by atoms with E-state index in [2.05, 4.69) is 10.6 Å². The van der Waals surface area contributed by atoms with E-state index in [0.29, 0.717) is 0 Å². The Kier molecular flexibility index (Phi) is 4.30. The van der Waals surface area contributed by atoms with Crippen molar-refractivity contribution >= 4 is 21.6 Å². The first-order chi connectivity index (χ1) is 7.47. The van der Waals surface area contributed by atoms with Gasteiger partial charge in [0.15, 0.2) is 0 Å². The first kappa shape index (κ1) is 13.0. The SMILES string of the molecule is C#CCCNS(=O)(=O)c1ccc(F)c(Cl)c1. The third kappa shape index (κ3) is 3.20. The first-order valence-electron chi connectivity index (χ1n) is 4.35. The van der Waals surface area contributed by atoms with Gasteiger partial charge in [0.2, 0.25) is 10.0 Å². The standard InChI is InChI=1S/C10H9ClFNO2S/c1-2-3-6-13-16(14,15)8-4-5-10(12)9(11)7-8/h1,4-5,7,13H,3,6H2. The molecule has 0 spiro atoms. The third-order valence-corrected chi connectivity index (χ3v) is 3.51. The number of hydrogen-bond acceptors (Lipinski definition) is 2. The van der Waals surface area contributed by atoms with E-state index >= 15 is 0 Å². The van der Waals surface area contributed by atoms with Crippen molar-refractivity contribution < 1.29 is 12.8 Å². The Hall–Kier alpha value is -1.09. The van der Waals surface area contributed by atoms with Crippen molar-refractivity contribution in [1.29, 1.82) is 0 Å². The molecular formula is C10H9ClFNO2S. The van der Waals surface area contributed by atoms with Crippen LogP contribution in [0.15, 0.2) is 23.1 Å². The highest BCUT2D eigenvalue weighted by Crippen LogP contribution is 2.19. The van der Waals surface area contributed by atoms with Gasteiger partial charge in [0.05, 0.1) is 9.92 Å². The van der Waals surface area contributed by atoms with E-state index in [0.717, 1.165) is 18.2 Å². The van der Waals surface area contributed by atoms with Crippen LogP contribution < -0.4 is 4.72 Å². The molecule has 3 nitrogen and oxygen atoms in total. The van der Waals surface area contributed by atoms with E-state index in [1.807, 2.05) is 0 Å². The van der Waals surface area contributed by atoms with Crippen LogP contribution in [0.5, 0.6) is 0 Å². The molecule has 0 bridgehead atoms. The van der Waals surface area contributed by atoms with E-state index in [1.54, 1.807) is 0 Å². The summed E-state index contributed by atoms with van der Waals surface area (Å²) >= 11 is 5.48. The van der Waals surface area contributed by atoms with Crippen molar-refractivity contribution in [3.05, 3.63) is 29.0 Å². The molecule has 0 radical (unpaired) electrons. The summed E-state index contributed by atoms with van der Waals surface area (Å²) in [5.41, 5.74) is 0. The van der Waals surface area contributed by atoms with Gasteiger partial charge in [0.1, 0.15) is 5.82 Å². The quantitative estimate of drug-likeness (QED) is 0.663. The molecule has 0 fully saturated rings. The maximum atomic E-state index is 12.8. The highest BCUT2D eigenvalue weighted by molar-refractivity contribution is 7.89. The van der Waals surface area contributed by atoms with Crippen LogP contribution in [0.25, 0.3) is 0 Å². The Labute approximate surface area is 98.7 Å². The van der Waals surface area contributed by atoms with E-state index in [1.165, 1.54) is 0 Å². The molecule has 16 heavy (non-hydrogen) atoms. The largest absolute Gasteiger partial charge is 0.240 e. The van der Waals surface area contributed by atoms with Crippen LogP contribution in [-0.2, 0) is 10.0 Å². The zero-order chi connectivity index (χ0) is 12.2. The van der Waals surface area contributed by atoms with Gasteiger partial charge < -0.3 is 0 Å². The maximum absolute atomic E-state index is 12.8. The molecule has 0 atom stereocenters. The van der Waals surface area contributed by atoms with E-state index in [-0.39, 0.29) is 22.9 Å². The molecule has 0 aliphatic rings. The monoisotopic (exact) mass is 261 g/mol. The average Bonchev–Trinajstić information content (AvgIpc) is 2.22. The Morgan fingerprint density at radius 2 is 2.19 bits per heavy atom. The summed E-state index contributed by atoms with van der Waals surface area (Å²) in [6, 6.07) is 3.19. The van der Waals surface area contributed by atoms with Gasteiger partial charge in [0, 0.05) is 13.0 Å². The van der Waals surface area contributed by atoms with E-state index in [4.69, 9.17) is 18.0 Å². The van der Waals surface area contributed by atoms with Crippen LogP contribution in [0.3, 0.4) is 0 Å². The summed E-state index contributed by atoms with van der Waals surface area (Å²) in [4.78, 5) is -0.0871. The van der Waals surface area contributed by atoms with Gasteiger partial charge >= 0.3 is 0 Å². The zero-order valence-electron chi connectivity index (χ0n) is 8.20. The predicted octanol–water partition coefficient (Wildman–Crippen LogP) is 1.78. The molecule has 0 amide bonds. The fourth-order valence-electron chi connectivity index (χ4n) is 0.985. The summed E-state index contributed by atoms with van der Waals surface area (Å²) in [6.45, 7) is 0.133. The highest BCUT2D eigenvalue weighted by atomic mass is 35.5. The van der Waals surface area contributed by atoms with Crippen LogP contribution in [0.2, 0.25) is 5.02 Å². The number of nitrogens with one attached hydrogen (secondary N) is 1. The predicted molar refractivity (Wildman–Crippen MR) is 60.0 cm³/mol. The van der Waals surface area contributed by atoms with Crippen LogP contribution in [0.1, 0.15) is 6.42 Å². The van der Waals surface area contributed by atoms with Gasteiger partial charge in [-0.2, -0.15) is 0 Å². The summed E-state index contributed by atoms with van der Waals surface area (Å²) in [5, 5.41) is -0.236. The van der Waals surface area contributed by atoms with Crippen LogP contribution in [0.4, 0.5) is 4.39 Å². The number of sulfonamides is 1. The van der Waals surface area contributed by atoms with Gasteiger partial charge in [0.25, 0.3) is 0 Å². The summed E-state index contributed by atoms with van der Waals surface area (Å²) < 4.78 is 38.3. The minimum absolute atomic E-state index is 0.0871. The van der Waals surface area contributed by atoms with Gasteiger partial charge in [-0.1, -0.05) is 11.6 Å². The highest BCUT2D eigenvalue weighted by Gasteiger charge is 2.14. The fourth-order valence-corrected chi connectivity index (χ4v) is 2.29. The lowest BCUT2D eigenvalue weighted by atomic mass is 10.3. The second kappa shape index (κ2) is 5.30.